The summed E-state index contributed by atoms with van der Waals surface area (Å²) < 4.78 is 6.24. The monoisotopic (exact) mass is 415 g/mol. The maximum absolute atomic E-state index is 12.4. The Morgan fingerprint density at radius 3 is 2.42 bits per heavy atom. The minimum Gasteiger partial charge on any atom is -0.454 e. The normalized spacial score (nSPS) is 17.8. The third-order valence-electron chi connectivity index (χ3n) is 4.32. The molecule has 0 aliphatic carbocycles. The summed E-state index contributed by atoms with van der Waals surface area (Å²) in [5, 5.41) is 0. The third-order valence-corrected chi connectivity index (χ3v) is 4.85. The van der Waals surface area contributed by atoms with Crippen molar-refractivity contribution in [2.75, 3.05) is 11.4 Å². The van der Waals surface area contributed by atoms with Gasteiger partial charge in [-0.05, 0) is 31.2 Å². The minimum atomic E-state index is -0.887. The topological polar surface area (TPSA) is 63.7 Å². The highest BCUT2D eigenvalue weighted by Gasteiger charge is 2.37. The summed E-state index contributed by atoms with van der Waals surface area (Å²) in [4.78, 5) is 38.6. The van der Waals surface area contributed by atoms with E-state index in [1.807, 2.05) is 30.3 Å². The van der Waals surface area contributed by atoms with Gasteiger partial charge in [0.1, 0.15) is 0 Å². The SMILES string of the molecule is CC(OC(=O)C1CC(=O)N(c2ccc(Br)cc2)C1)C(=O)c1ccccc1. The van der Waals surface area contributed by atoms with Gasteiger partial charge in [0.05, 0.1) is 5.92 Å². The summed E-state index contributed by atoms with van der Waals surface area (Å²) in [6.07, 6.45) is -0.803. The first-order valence-corrected chi connectivity index (χ1v) is 9.10. The van der Waals surface area contributed by atoms with Gasteiger partial charge in [0, 0.05) is 28.7 Å². The zero-order chi connectivity index (χ0) is 18.7. The number of hydrogen-bond donors (Lipinski definition) is 0. The van der Waals surface area contributed by atoms with Gasteiger partial charge in [0.15, 0.2) is 6.10 Å². The average molecular weight is 416 g/mol. The molecule has 1 amide bonds. The van der Waals surface area contributed by atoms with Gasteiger partial charge < -0.3 is 9.64 Å². The van der Waals surface area contributed by atoms with Gasteiger partial charge in [-0.25, -0.2) is 0 Å². The number of carbonyl (C=O) groups is 3. The molecule has 1 aliphatic heterocycles. The number of hydrogen-bond acceptors (Lipinski definition) is 4. The van der Waals surface area contributed by atoms with Crippen LogP contribution in [0.2, 0.25) is 0 Å². The van der Waals surface area contributed by atoms with Crippen LogP contribution in [0.1, 0.15) is 23.7 Å². The van der Waals surface area contributed by atoms with E-state index in [4.69, 9.17) is 4.74 Å². The number of halogens is 1. The Kier molecular flexibility index (Phi) is 5.52. The molecule has 2 atom stereocenters. The Labute approximate surface area is 160 Å². The van der Waals surface area contributed by atoms with E-state index < -0.39 is 18.0 Å². The lowest BCUT2D eigenvalue weighted by atomic mass is 10.1. The molecule has 26 heavy (non-hydrogen) atoms. The number of esters is 1. The average Bonchev–Trinajstić information content (AvgIpc) is 3.04. The molecule has 0 N–H and O–H groups in total. The quantitative estimate of drug-likeness (QED) is 0.552. The van der Waals surface area contributed by atoms with Crippen molar-refractivity contribution in [3.05, 3.63) is 64.6 Å². The number of rotatable bonds is 5. The van der Waals surface area contributed by atoms with E-state index in [1.165, 1.54) is 0 Å². The fourth-order valence-corrected chi connectivity index (χ4v) is 3.16. The molecule has 1 aliphatic rings. The predicted molar refractivity (Wildman–Crippen MR) is 101 cm³/mol. The molecule has 1 saturated heterocycles. The Hall–Kier alpha value is -2.47. The summed E-state index contributed by atoms with van der Waals surface area (Å²) in [5.41, 5.74) is 1.23. The van der Waals surface area contributed by atoms with Crippen LogP contribution in [0, 0.1) is 5.92 Å². The molecule has 134 valence electrons. The standard InChI is InChI=1S/C20H18BrNO4/c1-13(19(24)14-5-3-2-4-6-14)26-20(25)15-11-18(23)22(12-15)17-9-7-16(21)8-10-17/h2-10,13,15H,11-12H2,1H3. The molecule has 1 heterocycles. The van der Waals surface area contributed by atoms with Gasteiger partial charge in [-0.3, -0.25) is 14.4 Å². The lowest BCUT2D eigenvalue weighted by Gasteiger charge is -2.18. The smallest absolute Gasteiger partial charge is 0.312 e. The summed E-state index contributed by atoms with van der Waals surface area (Å²) >= 11 is 3.35. The Balaban J connectivity index is 1.63. The second-order valence-electron chi connectivity index (χ2n) is 6.19. The number of carbonyl (C=O) groups excluding carboxylic acids is 3. The van der Waals surface area contributed by atoms with Crippen molar-refractivity contribution in [1.29, 1.82) is 0 Å². The van der Waals surface area contributed by atoms with Crippen molar-refractivity contribution in [2.24, 2.45) is 5.92 Å². The Morgan fingerprint density at radius 2 is 1.77 bits per heavy atom. The first-order valence-electron chi connectivity index (χ1n) is 8.31. The summed E-state index contributed by atoms with van der Waals surface area (Å²) in [6.45, 7) is 1.81. The molecule has 2 aromatic carbocycles. The molecule has 6 heteroatoms. The van der Waals surface area contributed by atoms with Crippen molar-refractivity contribution in [3.63, 3.8) is 0 Å². The molecule has 0 saturated carbocycles. The maximum atomic E-state index is 12.4. The van der Waals surface area contributed by atoms with E-state index in [1.54, 1.807) is 36.1 Å². The lowest BCUT2D eigenvalue weighted by Crippen LogP contribution is -2.30. The van der Waals surface area contributed by atoms with E-state index in [0.717, 1.165) is 10.2 Å². The van der Waals surface area contributed by atoms with E-state index >= 15 is 0 Å². The van der Waals surface area contributed by atoms with Crippen LogP contribution in [-0.2, 0) is 14.3 Å². The number of Topliss-reactive ketones (excluding diaryl/α,β-unsaturated/α-hetero) is 1. The van der Waals surface area contributed by atoms with Crippen molar-refractivity contribution in [1.82, 2.24) is 0 Å². The lowest BCUT2D eigenvalue weighted by molar-refractivity contribution is -0.151. The van der Waals surface area contributed by atoms with E-state index in [0.29, 0.717) is 5.56 Å². The van der Waals surface area contributed by atoms with Crippen LogP contribution in [0.4, 0.5) is 5.69 Å². The van der Waals surface area contributed by atoms with Gasteiger partial charge in [-0.1, -0.05) is 46.3 Å². The summed E-state index contributed by atoms with van der Waals surface area (Å²) in [7, 11) is 0. The third kappa shape index (κ3) is 4.02. The van der Waals surface area contributed by atoms with Crippen molar-refractivity contribution in [3.8, 4) is 0 Å². The molecular formula is C20H18BrNO4. The van der Waals surface area contributed by atoms with E-state index in [2.05, 4.69) is 15.9 Å². The Morgan fingerprint density at radius 1 is 1.12 bits per heavy atom. The number of nitrogens with zero attached hydrogens (tertiary/aromatic N) is 1. The molecule has 0 aromatic heterocycles. The zero-order valence-corrected chi connectivity index (χ0v) is 15.8. The highest BCUT2D eigenvalue weighted by Crippen LogP contribution is 2.27. The molecule has 3 rings (SSSR count). The zero-order valence-electron chi connectivity index (χ0n) is 14.2. The van der Waals surface area contributed by atoms with Gasteiger partial charge in [0.25, 0.3) is 0 Å². The van der Waals surface area contributed by atoms with Gasteiger partial charge in [0.2, 0.25) is 11.7 Å². The van der Waals surface area contributed by atoms with Crippen LogP contribution in [0.3, 0.4) is 0 Å². The molecule has 0 spiro atoms. The van der Waals surface area contributed by atoms with Gasteiger partial charge in [-0.15, -0.1) is 0 Å². The van der Waals surface area contributed by atoms with E-state index in [9.17, 15) is 14.4 Å². The molecule has 0 radical (unpaired) electrons. The first kappa shape index (κ1) is 18.3. The van der Waals surface area contributed by atoms with Gasteiger partial charge >= 0.3 is 5.97 Å². The highest BCUT2D eigenvalue weighted by molar-refractivity contribution is 9.10. The number of amides is 1. The molecule has 2 unspecified atom stereocenters. The maximum Gasteiger partial charge on any atom is 0.312 e. The first-order chi connectivity index (χ1) is 12.5. The van der Waals surface area contributed by atoms with Crippen molar-refractivity contribution < 1.29 is 19.1 Å². The van der Waals surface area contributed by atoms with Gasteiger partial charge in [-0.2, -0.15) is 0 Å². The van der Waals surface area contributed by atoms with Crippen LogP contribution in [-0.4, -0.2) is 30.3 Å². The second kappa shape index (κ2) is 7.83. The summed E-state index contributed by atoms with van der Waals surface area (Å²) in [6, 6.07) is 16.0. The molecule has 1 fully saturated rings. The number of ether oxygens (including phenoxy) is 1. The van der Waals surface area contributed by atoms with Crippen LogP contribution < -0.4 is 4.90 Å². The van der Waals surface area contributed by atoms with Crippen molar-refractivity contribution in [2.45, 2.75) is 19.4 Å². The fourth-order valence-electron chi connectivity index (χ4n) is 2.90. The molecule has 5 nitrogen and oxygen atoms in total. The second-order valence-corrected chi connectivity index (χ2v) is 7.11. The molecule has 0 bridgehead atoms. The summed E-state index contributed by atoms with van der Waals surface area (Å²) in [5.74, 6) is -1.48. The van der Waals surface area contributed by atoms with Crippen LogP contribution in [0.5, 0.6) is 0 Å². The minimum absolute atomic E-state index is 0.0845. The predicted octanol–water partition coefficient (Wildman–Crippen LogP) is 3.62. The number of ketones is 1. The van der Waals surface area contributed by atoms with Crippen LogP contribution >= 0.6 is 15.9 Å². The Bertz CT molecular complexity index is 819. The van der Waals surface area contributed by atoms with Crippen molar-refractivity contribution >= 4 is 39.3 Å². The number of benzene rings is 2. The van der Waals surface area contributed by atoms with Crippen LogP contribution in [0.15, 0.2) is 59.1 Å². The molecular weight excluding hydrogens is 398 g/mol. The fraction of sp³-hybridized carbons (Fsp3) is 0.250. The van der Waals surface area contributed by atoms with E-state index in [-0.39, 0.29) is 24.7 Å². The number of anilines is 1. The highest BCUT2D eigenvalue weighted by atomic mass is 79.9. The van der Waals surface area contributed by atoms with Crippen LogP contribution in [0.25, 0.3) is 0 Å². The molecule has 2 aromatic rings. The largest absolute Gasteiger partial charge is 0.454 e.